The van der Waals surface area contributed by atoms with Gasteiger partial charge in [-0.1, -0.05) is 31.0 Å². The smallest absolute Gasteiger partial charge is 0.310 e. The van der Waals surface area contributed by atoms with Crippen LogP contribution in [0.3, 0.4) is 0 Å². The molecule has 3 rings (SSSR count). The van der Waals surface area contributed by atoms with Gasteiger partial charge in [0.1, 0.15) is 5.82 Å². The van der Waals surface area contributed by atoms with Gasteiger partial charge in [0.15, 0.2) is 0 Å². The Bertz CT molecular complexity index is 761. The molecule has 1 aromatic heterocycles. The van der Waals surface area contributed by atoms with E-state index in [4.69, 9.17) is 0 Å². The first-order valence-electron chi connectivity index (χ1n) is 8.34. The summed E-state index contributed by atoms with van der Waals surface area (Å²) in [5.41, 5.74) is 0.436. The lowest BCUT2D eigenvalue weighted by Gasteiger charge is -2.15. The molecule has 25 heavy (non-hydrogen) atoms. The highest BCUT2D eigenvalue weighted by Crippen LogP contribution is 2.33. The second kappa shape index (κ2) is 6.90. The molecule has 1 aliphatic carbocycles. The first-order chi connectivity index (χ1) is 11.8. The number of aryl methyl sites for hydroxylation is 1. The van der Waals surface area contributed by atoms with E-state index in [0.29, 0.717) is 11.4 Å². The Morgan fingerprint density at radius 2 is 2.04 bits per heavy atom. The van der Waals surface area contributed by atoms with E-state index < -0.39 is 11.7 Å². The van der Waals surface area contributed by atoms with E-state index in [2.05, 4.69) is 10.4 Å². The van der Waals surface area contributed by atoms with E-state index in [1.54, 1.807) is 6.20 Å². The highest BCUT2D eigenvalue weighted by atomic mass is 19.4. The summed E-state index contributed by atoms with van der Waals surface area (Å²) in [7, 11) is 0. The standard InChI is InChI=1S/C18H20F3N3O/c1-12-11-22-24(15-7-2-3-8-15)17(12)23-16(25)10-13-5-4-6-14(9-13)18(19,20)21/h4-6,9,11,15H,2-3,7-8,10H2,1H3,(H,23,25). The van der Waals surface area contributed by atoms with E-state index in [9.17, 15) is 18.0 Å². The van der Waals surface area contributed by atoms with E-state index in [1.807, 2.05) is 11.6 Å². The highest BCUT2D eigenvalue weighted by molar-refractivity contribution is 5.92. The molecule has 1 saturated carbocycles. The average molecular weight is 351 g/mol. The van der Waals surface area contributed by atoms with E-state index in [-0.39, 0.29) is 18.4 Å². The summed E-state index contributed by atoms with van der Waals surface area (Å²) in [6.07, 6.45) is 1.51. The third-order valence-electron chi connectivity index (χ3n) is 4.53. The minimum Gasteiger partial charge on any atom is -0.310 e. The van der Waals surface area contributed by atoms with Crippen LogP contribution in [0.25, 0.3) is 0 Å². The van der Waals surface area contributed by atoms with E-state index in [1.165, 1.54) is 12.1 Å². The minimum absolute atomic E-state index is 0.112. The van der Waals surface area contributed by atoms with Gasteiger partial charge in [0, 0.05) is 5.56 Å². The van der Waals surface area contributed by atoms with Crippen LogP contribution >= 0.6 is 0 Å². The fourth-order valence-corrected chi connectivity index (χ4v) is 3.25. The molecule has 1 aliphatic rings. The zero-order valence-electron chi connectivity index (χ0n) is 13.9. The van der Waals surface area contributed by atoms with Crippen molar-refractivity contribution in [2.75, 3.05) is 5.32 Å². The normalized spacial score (nSPS) is 15.5. The van der Waals surface area contributed by atoms with Gasteiger partial charge in [-0.05, 0) is 31.4 Å². The average Bonchev–Trinajstić information content (AvgIpc) is 3.18. The molecule has 134 valence electrons. The molecule has 0 spiro atoms. The minimum atomic E-state index is -4.41. The Labute approximate surface area is 144 Å². The predicted molar refractivity (Wildman–Crippen MR) is 88.2 cm³/mol. The molecule has 1 N–H and O–H groups in total. The van der Waals surface area contributed by atoms with Crippen LogP contribution in [0.1, 0.15) is 48.4 Å². The zero-order chi connectivity index (χ0) is 18.0. The predicted octanol–water partition coefficient (Wildman–Crippen LogP) is 4.51. The summed E-state index contributed by atoms with van der Waals surface area (Å²) in [6.45, 7) is 1.86. The zero-order valence-corrected chi connectivity index (χ0v) is 13.9. The first kappa shape index (κ1) is 17.5. The molecule has 4 nitrogen and oxygen atoms in total. The van der Waals surface area contributed by atoms with Crippen molar-refractivity contribution in [3.05, 3.63) is 47.2 Å². The number of rotatable bonds is 4. The molecule has 0 bridgehead atoms. The maximum Gasteiger partial charge on any atom is 0.416 e. The third-order valence-corrected chi connectivity index (χ3v) is 4.53. The van der Waals surface area contributed by atoms with Crippen molar-refractivity contribution in [2.45, 2.75) is 51.2 Å². The first-order valence-corrected chi connectivity index (χ1v) is 8.34. The van der Waals surface area contributed by atoms with Crippen LogP contribution in [0, 0.1) is 6.92 Å². The molecule has 0 radical (unpaired) electrons. The molecule has 1 aromatic carbocycles. The van der Waals surface area contributed by atoms with Crippen molar-refractivity contribution in [3.8, 4) is 0 Å². The summed E-state index contributed by atoms with van der Waals surface area (Å²) in [5.74, 6) is 0.297. The largest absolute Gasteiger partial charge is 0.416 e. The number of halogens is 3. The second-order valence-corrected chi connectivity index (χ2v) is 6.48. The number of aromatic nitrogens is 2. The van der Waals surface area contributed by atoms with Gasteiger partial charge >= 0.3 is 6.18 Å². The summed E-state index contributed by atoms with van der Waals surface area (Å²) in [4.78, 5) is 12.3. The molecule has 0 saturated heterocycles. The molecular formula is C18H20F3N3O. The van der Waals surface area contributed by atoms with E-state index in [0.717, 1.165) is 43.4 Å². The Kier molecular flexibility index (Phi) is 4.83. The number of carbonyl (C=O) groups excluding carboxylic acids is 1. The van der Waals surface area contributed by atoms with Gasteiger partial charge in [-0.15, -0.1) is 0 Å². The van der Waals surface area contributed by atoms with Gasteiger partial charge in [-0.2, -0.15) is 18.3 Å². The monoisotopic (exact) mass is 351 g/mol. The molecule has 0 aliphatic heterocycles. The third kappa shape index (κ3) is 4.03. The summed E-state index contributed by atoms with van der Waals surface area (Å²) >= 11 is 0. The van der Waals surface area contributed by atoms with Crippen molar-refractivity contribution < 1.29 is 18.0 Å². The molecule has 1 amide bonds. The number of nitrogens with zero attached hydrogens (tertiary/aromatic N) is 2. The SMILES string of the molecule is Cc1cnn(C2CCCC2)c1NC(=O)Cc1cccc(C(F)(F)F)c1. The maximum absolute atomic E-state index is 12.8. The van der Waals surface area contributed by atoms with Crippen LogP contribution < -0.4 is 5.32 Å². The molecule has 0 unspecified atom stereocenters. The van der Waals surface area contributed by atoms with Crippen LogP contribution in [-0.4, -0.2) is 15.7 Å². The Morgan fingerprint density at radius 3 is 2.72 bits per heavy atom. The van der Waals surface area contributed by atoms with Crippen molar-refractivity contribution in [3.63, 3.8) is 0 Å². The van der Waals surface area contributed by atoms with Crippen LogP contribution in [0.5, 0.6) is 0 Å². The molecule has 2 aromatic rings. The lowest BCUT2D eigenvalue weighted by molar-refractivity contribution is -0.137. The van der Waals surface area contributed by atoms with E-state index >= 15 is 0 Å². The number of amides is 1. The summed E-state index contributed by atoms with van der Waals surface area (Å²) < 4.78 is 40.2. The molecule has 1 heterocycles. The van der Waals surface area contributed by atoms with Crippen LogP contribution in [0.4, 0.5) is 19.0 Å². The number of alkyl halides is 3. The lowest BCUT2D eigenvalue weighted by atomic mass is 10.1. The molecule has 1 fully saturated rings. The van der Waals surface area contributed by atoms with Crippen molar-refractivity contribution in [1.82, 2.24) is 9.78 Å². The molecule has 7 heteroatoms. The van der Waals surface area contributed by atoms with Crippen molar-refractivity contribution in [2.24, 2.45) is 0 Å². The van der Waals surface area contributed by atoms with Crippen molar-refractivity contribution >= 4 is 11.7 Å². The molecular weight excluding hydrogens is 331 g/mol. The number of nitrogens with one attached hydrogen (secondary N) is 1. The topological polar surface area (TPSA) is 46.9 Å². The number of carbonyl (C=O) groups is 1. The number of anilines is 1. The van der Waals surface area contributed by atoms with Gasteiger partial charge in [0.2, 0.25) is 5.91 Å². The Balaban J connectivity index is 1.72. The maximum atomic E-state index is 12.8. The molecule has 0 atom stereocenters. The Morgan fingerprint density at radius 1 is 1.32 bits per heavy atom. The second-order valence-electron chi connectivity index (χ2n) is 6.48. The summed E-state index contributed by atoms with van der Waals surface area (Å²) in [5, 5.41) is 7.18. The quantitative estimate of drug-likeness (QED) is 0.881. The highest BCUT2D eigenvalue weighted by Gasteiger charge is 2.30. The van der Waals surface area contributed by atoms with Gasteiger partial charge < -0.3 is 5.32 Å². The van der Waals surface area contributed by atoms with Crippen LogP contribution in [0.2, 0.25) is 0 Å². The van der Waals surface area contributed by atoms with Crippen LogP contribution in [0.15, 0.2) is 30.5 Å². The Hall–Kier alpha value is -2.31. The van der Waals surface area contributed by atoms with Gasteiger partial charge in [-0.25, -0.2) is 4.68 Å². The fraction of sp³-hybridized carbons (Fsp3) is 0.444. The van der Waals surface area contributed by atoms with Crippen molar-refractivity contribution in [1.29, 1.82) is 0 Å². The lowest BCUT2D eigenvalue weighted by Crippen LogP contribution is -2.20. The van der Waals surface area contributed by atoms with Gasteiger partial charge in [-0.3, -0.25) is 4.79 Å². The summed E-state index contributed by atoms with van der Waals surface area (Å²) in [6, 6.07) is 5.13. The van der Waals surface area contributed by atoms with Gasteiger partial charge in [0.05, 0.1) is 24.2 Å². The van der Waals surface area contributed by atoms with Crippen LogP contribution in [-0.2, 0) is 17.4 Å². The number of hydrogen-bond donors (Lipinski definition) is 1. The fourth-order valence-electron chi connectivity index (χ4n) is 3.25. The van der Waals surface area contributed by atoms with Gasteiger partial charge in [0.25, 0.3) is 0 Å². The number of benzene rings is 1. The number of hydrogen-bond acceptors (Lipinski definition) is 2.